The highest BCUT2D eigenvalue weighted by Crippen LogP contribution is 2.27. The summed E-state index contributed by atoms with van der Waals surface area (Å²) in [6, 6.07) is 15.5. The molecule has 0 amide bonds. The Bertz CT molecular complexity index is 1240. The Labute approximate surface area is 173 Å². The predicted molar refractivity (Wildman–Crippen MR) is 116 cm³/mol. The summed E-state index contributed by atoms with van der Waals surface area (Å²) in [5, 5.41) is 1.22. The van der Waals surface area contributed by atoms with Crippen molar-refractivity contribution < 1.29 is 0 Å². The van der Waals surface area contributed by atoms with E-state index in [1.54, 1.807) is 12.1 Å². The van der Waals surface area contributed by atoms with Crippen LogP contribution in [-0.4, -0.2) is 14.5 Å². The molecule has 0 spiro atoms. The van der Waals surface area contributed by atoms with Gasteiger partial charge in [-0.1, -0.05) is 59.0 Å². The van der Waals surface area contributed by atoms with Crippen molar-refractivity contribution in [3.8, 4) is 5.69 Å². The summed E-state index contributed by atoms with van der Waals surface area (Å²) < 4.78 is 2.92. The van der Waals surface area contributed by atoms with Crippen molar-refractivity contribution in [3.05, 3.63) is 79.0 Å². The number of aromatic amines is 1. The molecule has 0 bridgehead atoms. The van der Waals surface area contributed by atoms with Crippen LogP contribution in [0.1, 0.15) is 11.1 Å². The molecule has 4 nitrogen and oxygen atoms in total. The first-order chi connectivity index (χ1) is 13.0. The summed E-state index contributed by atoms with van der Waals surface area (Å²) in [5.41, 5.74) is 3.67. The summed E-state index contributed by atoms with van der Waals surface area (Å²) in [4.78, 5) is 20.1. The van der Waals surface area contributed by atoms with E-state index in [1.165, 1.54) is 34.2 Å². The minimum absolute atomic E-state index is 0.170. The molecule has 0 fully saturated rings. The van der Waals surface area contributed by atoms with E-state index < -0.39 is 0 Å². The van der Waals surface area contributed by atoms with Gasteiger partial charge in [0.05, 0.1) is 0 Å². The normalized spacial score (nSPS) is 11.2. The monoisotopic (exact) mass is 431 g/mol. The zero-order valence-electron chi connectivity index (χ0n) is 14.2. The van der Waals surface area contributed by atoms with Crippen molar-refractivity contribution in [3.63, 3.8) is 0 Å². The first-order valence-corrected chi connectivity index (χ1v) is 10.7. The number of thioether (sulfide) groups is 1. The minimum Gasteiger partial charge on any atom is -0.300 e. The van der Waals surface area contributed by atoms with Crippen LogP contribution in [0.4, 0.5) is 0 Å². The van der Waals surface area contributed by atoms with E-state index in [4.69, 9.17) is 23.8 Å². The Balaban J connectivity index is 1.77. The number of fused-ring (bicyclic) bond motifs is 1. The Morgan fingerprint density at radius 1 is 1.22 bits per heavy atom. The number of benzene rings is 2. The van der Waals surface area contributed by atoms with E-state index in [0.717, 1.165) is 11.4 Å². The van der Waals surface area contributed by atoms with Crippen LogP contribution >= 0.6 is 46.9 Å². The molecule has 4 aromatic rings. The molecule has 0 aliphatic heterocycles. The summed E-state index contributed by atoms with van der Waals surface area (Å²) in [7, 11) is 0. The zero-order valence-corrected chi connectivity index (χ0v) is 17.4. The van der Waals surface area contributed by atoms with Gasteiger partial charge in [0.1, 0.15) is 4.70 Å². The van der Waals surface area contributed by atoms with Gasteiger partial charge in [-0.25, -0.2) is 4.98 Å². The third kappa shape index (κ3) is 3.73. The molecule has 136 valence electrons. The molecular formula is C19H14ClN3OS3. The van der Waals surface area contributed by atoms with Crippen LogP contribution in [0.5, 0.6) is 0 Å². The van der Waals surface area contributed by atoms with E-state index in [2.05, 4.69) is 29.0 Å². The maximum atomic E-state index is 12.5. The Morgan fingerprint density at radius 2 is 1.96 bits per heavy atom. The van der Waals surface area contributed by atoms with Gasteiger partial charge in [0, 0.05) is 16.5 Å². The first kappa shape index (κ1) is 18.4. The Morgan fingerprint density at radius 3 is 2.70 bits per heavy atom. The lowest BCUT2D eigenvalue weighted by Crippen LogP contribution is -2.09. The van der Waals surface area contributed by atoms with Crippen LogP contribution in [-0.2, 0) is 5.75 Å². The largest absolute Gasteiger partial charge is 0.300 e. The molecule has 2 aromatic heterocycles. The smallest absolute Gasteiger partial charge is 0.271 e. The van der Waals surface area contributed by atoms with Crippen LogP contribution in [0, 0.1) is 10.9 Å². The Hall–Kier alpha value is -1.93. The molecule has 0 saturated carbocycles. The van der Waals surface area contributed by atoms with E-state index in [9.17, 15) is 4.79 Å². The van der Waals surface area contributed by atoms with Crippen molar-refractivity contribution in [1.82, 2.24) is 14.5 Å². The molecule has 0 aliphatic carbocycles. The van der Waals surface area contributed by atoms with E-state index in [1.807, 2.05) is 28.8 Å². The predicted octanol–water partition coefficient (Wildman–Crippen LogP) is 5.76. The molecular weight excluding hydrogens is 418 g/mol. The molecule has 0 saturated heterocycles. The fourth-order valence-electron chi connectivity index (χ4n) is 2.70. The Kier molecular flexibility index (Phi) is 5.19. The molecule has 0 radical (unpaired) electrons. The van der Waals surface area contributed by atoms with Gasteiger partial charge < -0.3 is 4.98 Å². The third-order valence-electron chi connectivity index (χ3n) is 4.13. The number of thiazole rings is 1. The average Bonchev–Trinajstić information content (AvgIpc) is 2.98. The standard InChI is InChI=1S/C19H14ClN3OS3/c1-11-4-2-3-5-12(11)10-26-18-21-16-15(17(24)22-18)27-19(25)23(16)14-8-6-13(20)7-9-14/h2-9H,10H2,1H3,(H,21,22,24). The SMILES string of the molecule is Cc1ccccc1CSc1nc2c(sc(=S)n2-c2ccc(Cl)cc2)c(=O)[nH]1. The number of H-pyrrole nitrogens is 1. The van der Waals surface area contributed by atoms with Crippen molar-refractivity contribution in [2.24, 2.45) is 0 Å². The second-order valence-electron chi connectivity index (χ2n) is 5.92. The number of hydrogen-bond acceptors (Lipinski definition) is 5. The molecule has 4 rings (SSSR count). The topological polar surface area (TPSA) is 50.7 Å². The number of halogens is 1. The van der Waals surface area contributed by atoms with Crippen molar-refractivity contribution in [2.75, 3.05) is 0 Å². The summed E-state index contributed by atoms with van der Waals surface area (Å²) in [5.74, 6) is 0.729. The van der Waals surface area contributed by atoms with Crippen molar-refractivity contribution >= 4 is 57.3 Å². The highest BCUT2D eigenvalue weighted by Gasteiger charge is 2.14. The lowest BCUT2D eigenvalue weighted by Gasteiger charge is -2.07. The lowest BCUT2D eigenvalue weighted by atomic mass is 10.1. The fourth-order valence-corrected chi connectivity index (χ4v) is 5.03. The number of nitrogens with zero attached hydrogens (tertiary/aromatic N) is 2. The maximum Gasteiger partial charge on any atom is 0.271 e. The molecule has 27 heavy (non-hydrogen) atoms. The molecule has 0 unspecified atom stereocenters. The van der Waals surface area contributed by atoms with E-state index in [0.29, 0.717) is 24.5 Å². The van der Waals surface area contributed by atoms with Gasteiger partial charge in [0.2, 0.25) is 0 Å². The molecule has 2 heterocycles. The molecule has 8 heteroatoms. The first-order valence-electron chi connectivity index (χ1n) is 8.12. The average molecular weight is 432 g/mol. The van der Waals surface area contributed by atoms with Crippen molar-refractivity contribution in [2.45, 2.75) is 17.8 Å². The van der Waals surface area contributed by atoms with Gasteiger partial charge in [-0.05, 0) is 54.5 Å². The van der Waals surface area contributed by atoms with Crippen LogP contribution in [0.25, 0.3) is 16.0 Å². The molecule has 0 aliphatic rings. The van der Waals surface area contributed by atoms with Crippen LogP contribution in [0.3, 0.4) is 0 Å². The number of nitrogens with one attached hydrogen (secondary N) is 1. The van der Waals surface area contributed by atoms with Gasteiger partial charge in [-0.3, -0.25) is 9.36 Å². The van der Waals surface area contributed by atoms with Gasteiger partial charge >= 0.3 is 0 Å². The summed E-state index contributed by atoms with van der Waals surface area (Å²) >= 11 is 14.2. The quantitative estimate of drug-likeness (QED) is 0.253. The molecule has 0 atom stereocenters. The third-order valence-corrected chi connectivity index (χ3v) is 6.67. The highest BCUT2D eigenvalue weighted by atomic mass is 35.5. The number of aromatic nitrogens is 3. The van der Waals surface area contributed by atoms with Gasteiger partial charge in [0.25, 0.3) is 5.56 Å². The maximum absolute atomic E-state index is 12.5. The second kappa shape index (κ2) is 7.59. The number of hydrogen-bond donors (Lipinski definition) is 1. The van der Waals surface area contributed by atoms with Crippen molar-refractivity contribution in [1.29, 1.82) is 0 Å². The summed E-state index contributed by atoms with van der Waals surface area (Å²) in [6.45, 7) is 2.08. The molecule has 2 aromatic carbocycles. The highest BCUT2D eigenvalue weighted by molar-refractivity contribution is 7.98. The molecule has 1 N–H and O–H groups in total. The van der Waals surface area contributed by atoms with Gasteiger partial charge in [-0.15, -0.1) is 0 Å². The van der Waals surface area contributed by atoms with Crippen LogP contribution < -0.4 is 5.56 Å². The lowest BCUT2D eigenvalue weighted by molar-refractivity contribution is 0.943. The zero-order chi connectivity index (χ0) is 19.0. The number of rotatable bonds is 4. The van der Waals surface area contributed by atoms with E-state index >= 15 is 0 Å². The van der Waals surface area contributed by atoms with Gasteiger partial charge in [0.15, 0.2) is 14.8 Å². The van der Waals surface area contributed by atoms with E-state index in [-0.39, 0.29) is 5.56 Å². The minimum atomic E-state index is -0.170. The van der Waals surface area contributed by atoms with Gasteiger partial charge in [-0.2, -0.15) is 0 Å². The summed E-state index contributed by atoms with van der Waals surface area (Å²) in [6.07, 6.45) is 0. The fraction of sp³-hybridized carbons (Fsp3) is 0.105. The van der Waals surface area contributed by atoms with Crippen LogP contribution in [0.2, 0.25) is 5.02 Å². The van der Waals surface area contributed by atoms with Crippen LogP contribution in [0.15, 0.2) is 58.5 Å². The second-order valence-corrected chi connectivity index (χ2v) is 8.96. The number of aryl methyl sites for hydroxylation is 1.